The van der Waals surface area contributed by atoms with E-state index in [-0.39, 0.29) is 11.4 Å². The van der Waals surface area contributed by atoms with Crippen LogP contribution in [0.3, 0.4) is 0 Å². The molecule has 23 heavy (non-hydrogen) atoms. The molecule has 0 aliphatic carbocycles. The van der Waals surface area contributed by atoms with Gasteiger partial charge in [0.1, 0.15) is 5.82 Å². The molecule has 7 heteroatoms. The Morgan fingerprint density at radius 1 is 1.00 bits per heavy atom. The van der Waals surface area contributed by atoms with Crippen LogP contribution in [-0.2, 0) is 9.57 Å². The van der Waals surface area contributed by atoms with Crippen LogP contribution in [-0.4, -0.2) is 24.9 Å². The van der Waals surface area contributed by atoms with Crippen molar-refractivity contribution in [3.8, 4) is 0 Å². The second-order valence-corrected chi connectivity index (χ2v) is 4.40. The topological polar surface area (TPSA) is 91.0 Å². The molecule has 0 unspecified atom stereocenters. The van der Waals surface area contributed by atoms with Gasteiger partial charge in [0.05, 0.1) is 18.2 Å². The number of carbonyl (C=O) groups excluding carboxylic acids is 2. The van der Waals surface area contributed by atoms with Crippen molar-refractivity contribution in [3.63, 3.8) is 0 Å². The molecule has 0 saturated heterocycles. The Kier molecular flexibility index (Phi) is 5.03. The summed E-state index contributed by atoms with van der Waals surface area (Å²) in [6.07, 6.45) is 0. The van der Waals surface area contributed by atoms with Crippen molar-refractivity contribution in [2.24, 2.45) is 10.9 Å². The molecule has 0 heterocycles. The molecule has 0 spiro atoms. The highest BCUT2D eigenvalue weighted by atomic mass is 19.1. The zero-order valence-corrected chi connectivity index (χ0v) is 12.2. The van der Waals surface area contributed by atoms with Crippen LogP contribution in [0, 0.1) is 5.82 Å². The number of oxime groups is 1. The van der Waals surface area contributed by atoms with E-state index in [1.54, 1.807) is 0 Å². The number of methoxy groups -OCH3 is 1. The fourth-order valence-corrected chi connectivity index (χ4v) is 1.71. The van der Waals surface area contributed by atoms with E-state index in [2.05, 4.69) is 14.7 Å². The Morgan fingerprint density at radius 2 is 1.61 bits per heavy atom. The van der Waals surface area contributed by atoms with E-state index in [1.165, 1.54) is 49.6 Å². The van der Waals surface area contributed by atoms with Gasteiger partial charge < -0.3 is 15.3 Å². The molecule has 0 aliphatic rings. The third-order valence-corrected chi connectivity index (χ3v) is 2.92. The zero-order chi connectivity index (χ0) is 16.8. The summed E-state index contributed by atoms with van der Waals surface area (Å²) in [5.41, 5.74) is 6.21. The molecule has 2 rings (SSSR count). The molecule has 6 nitrogen and oxygen atoms in total. The molecule has 118 valence electrons. The molecule has 0 fully saturated rings. The highest BCUT2D eigenvalue weighted by Gasteiger charge is 2.13. The summed E-state index contributed by atoms with van der Waals surface area (Å²) in [5, 5.41) is 3.47. The number of nitrogens with two attached hydrogens (primary N) is 1. The van der Waals surface area contributed by atoms with Gasteiger partial charge in [0.2, 0.25) is 0 Å². The highest BCUT2D eigenvalue weighted by Crippen LogP contribution is 2.09. The van der Waals surface area contributed by atoms with Crippen molar-refractivity contribution in [3.05, 3.63) is 71.0 Å². The quantitative estimate of drug-likeness (QED) is 0.307. The molecule has 2 aromatic rings. The monoisotopic (exact) mass is 316 g/mol. The fraction of sp³-hybridized carbons (Fsp3) is 0.0625. The molecule has 0 amide bonds. The molecule has 0 bridgehead atoms. The number of halogens is 1. The summed E-state index contributed by atoms with van der Waals surface area (Å²) in [5.74, 6) is -2.25. The number of esters is 1. The van der Waals surface area contributed by atoms with Crippen molar-refractivity contribution in [1.29, 1.82) is 0 Å². The normalized spacial score (nSPS) is 11.0. The number of carbonyl (C=O) groups is 2. The van der Waals surface area contributed by atoms with Crippen molar-refractivity contribution >= 4 is 17.8 Å². The highest BCUT2D eigenvalue weighted by molar-refractivity contribution is 5.99. The minimum absolute atomic E-state index is 0.0916. The summed E-state index contributed by atoms with van der Waals surface area (Å²) in [6.45, 7) is 0. The first-order valence-electron chi connectivity index (χ1n) is 6.51. The number of hydrogen-bond acceptors (Lipinski definition) is 5. The standard InChI is InChI=1S/C16H13FN2O4/c1-22-15(20)11-8-6-10(7-9-11)14(18)19-23-16(21)12-4-2-3-5-13(12)17/h2-9H,1H3,(H2,18,19). The number of hydrogen-bond donors (Lipinski definition) is 1. The van der Waals surface area contributed by atoms with Crippen molar-refractivity contribution < 1.29 is 23.6 Å². The van der Waals surface area contributed by atoms with Gasteiger partial charge in [-0.05, 0) is 24.3 Å². The summed E-state index contributed by atoms with van der Waals surface area (Å²) >= 11 is 0. The predicted octanol–water partition coefficient (Wildman–Crippen LogP) is 2.09. The lowest BCUT2D eigenvalue weighted by Gasteiger charge is -2.03. The van der Waals surface area contributed by atoms with Gasteiger partial charge in [-0.15, -0.1) is 0 Å². The van der Waals surface area contributed by atoms with Crippen molar-refractivity contribution in [2.45, 2.75) is 0 Å². The lowest BCUT2D eigenvalue weighted by molar-refractivity contribution is 0.0510. The van der Waals surface area contributed by atoms with Crippen LogP contribution in [0.15, 0.2) is 53.7 Å². The van der Waals surface area contributed by atoms with Crippen LogP contribution >= 0.6 is 0 Å². The third kappa shape index (κ3) is 3.91. The molecular weight excluding hydrogens is 303 g/mol. The van der Waals surface area contributed by atoms with Crippen molar-refractivity contribution in [2.75, 3.05) is 7.11 Å². The smallest absolute Gasteiger partial charge is 0.368 e. The molecular formula is C16H13FN2O4. The number of amidine groups is 1. The molecule has 0 atom stereocenters. The van der Waals surface area contributed by atoms with Gasteiger partial charge in [0.25, 0.3) is 0 Å². The second-order valence-electron chi connectivity index (χ2n) is 4.40. The van der Waals surface area contributed by atoms with E-state index in [0.29, 0.717) is 11.1 Å². The number of ether oxygens (including phenoxy) is 1. The number of benzene rings is 2. The third-order valence-electron chi connectivity index (χ3n) is 2.92. The van der Waals surface area contributed by atoms with E-state index in [4.69, 9.17) is 5.73 Å². The Bertz CT molecular complexity index is 757. The van der Waals surface area contributed by atoms with Crippen LogP contribution in [0.2, 0.25) is 0 Å². The summed E-state index contributed by atoms with van der Waals surface area (Å²) in [7, 11) is 1.27. The first-order valence-corrected chi connectivity index (χ1v) is 6.51. The maximum atomic E-state index is 13.4. The van der Waals surface area contributed by atoms with Gasteiger partial charge in [0.15, 0.2) is 5.84 Å². The van der Waals surface area contributed by atoms with Gasteiger partial charge in [-0.3, -0.25) is 0 Å². The lowest BCUT2D eigenvalue weighted by Crippen LogP contribution is -2.16. The molecule has 0 saturated carbocycles. The minimum Gasteiger partial charge on any atom is -0.465 e. The maximum Gasteiger partial charge on any atom is 0.368 e. The van der Waals surface area contributed by atoms with E-state index in [9.17, 15) is 14.0 Å². The van der Waals surface area contributed by atoms with E-state index in [0.717, 1.165) is 6.07 Å². The van der Waals surface area contributed by atoms with Gasteiger partial charge in [-0.2, -0.15) is 0 Å². The van der Waals surface area contributed by atoms with Crippen LogP contribution in [0.25, 0.3) is 0 Å². The first kappa shape index (κ1) is 16.2. The molecule has 2 aromatic carbocycles. The van der Waals surface area contributed by atoms with Gasteiger partial charge in [-0.25, -0.2) is 14.0 Å². The Labute approximate surface area is 131 Å². The summed E-state index contributed by atoms with van der Waals surface area (Å²) < 4.78 is 18.0. The van der Waals surface area contributed by atoms with Crippen LogP contribution in [0.1, 0.15) is 26.3 Å². The van der Waals surface area contributed by atoms with Gasteiger partial charge in [-0.1, -0.05) is 29.4 Å². The maximum absolute atomic E-state index is 13.4. The molecule has 0 aromatic heterocycles. The number of rotatable bonds is 4. The van der Waals surface area contributed by atoms with Gasteiger partial charge >= 0.3 is 11.9 Å². The predicted molar refractivity (Wildman–Crippen MR) is 80.3 cm³/mol. The lowest BCUT2D eigenvalue weighted by atomic mass is 10.1. The fourth-order valence-electron chi connectivity index (χ4n) is 1.71. The zero-order valence-electron chi connectivity index (χ0n) is 12.2. The van der Waals surface area contributed by atoms with E-state index >= 15 is 0 Å². The summed E-state index contributed by atoms with van der Waals surface area (Å²) in [6, 6.07) is 11.4. The van der Waals surface area contributed by atoms with Crippen LogP contribution in [0.5, 0.6) is 0 Å². The SMILES string of the molecule is COC(=O)c1ccc(/C(N)=N/OC(=O)c2ccccc2F)cc1. The average molecular weight is 316 g/mol. The van der Waals surface area contributed by atoms with Crippen LogP contribution < -0.4 is 5.73 Å². The van der Waals surface area contributed by atoms with Gasteiger partial charge in [0, 0.05) is 5.56 Å². The Morgan fingerprint density at radius 3 is 2.22 bits per heavy atom. The molecule has 0 aliphatic heterocycles. The summed E-state index contributed by atoms with van der Waals surface area (Å²) in [4.78, 5) is 27.6. The Hall–Kier alpha value is -3.22. The second kappa shape index (κ2) is 7.17. The molecule has 2 N–H and O–H groups in total. The number of nitrogens with zero attached hydrogens (tertiary/aromatic N) is 1. The van der Waals surface area contributed by atoms with E-state index < -0.39 is 17.8 Å². The largest absolute Gasteiger partial charge is 0.465 e. The Balaban J connectivity index is 2.09. The molecule has 0 radical (unpaired) electrons. The van der Waals surface area contributed by atoms with Crippen LogP contribution in [0.4, 0.5) is 4.39 Å². The average Bonchev–Trinajstić information content (AvgIpc) is 2.59. The first-order chi connectivity index (χ1) is 11.0. The van der Waals surface area contributed by atoms with E-state index in [1.807, 2.05) is 0 Å². The minimum atomic E-state index is -0.961. The van der Waals surface area contributed by atoms with Crippen molar-refractivity contribution in [1.82, 2.24) is 0 Å².